The Bertz CT molecular complexity index is 890. The largest absolute Gasteiger partial charge is 0.416 e. The molecule has 2 aliphatic carbocycles. The van der Waals surface area contributed by atoms with E-state index in [-0.39, 0.29) is 36.4 Å². The van der Waals surface area contributed by atoms with Crippen LogP contribution in [-0.2, 0) is 26.0 Å². The molecule has 0 bridgehead atoms. The summed E-state index contributed by atoms with van der Waals surface area (Å²) in [5, 5.41) is 0. The number of halogens is 3. The van der Waals surface area contributed by atoms with E-state index in [1.807, 2.05) is 0 Å². The molecule has 1 heterocycles. The third-order valence-corrected chi connectivity index (χ3v) is 6.97. The molecule has 1 unspecified atom stereocenters. The number of carbonyl (C=O) groups is 3. The number of imide groups is 1. The third kappa shape index (κ3) is 4.08. The van der Waals surface area contributed by atoms with Crippen molar-refractivity contribution >= 4 is 17.7 Å². The van der Waals surface area contributed by atoms with Gasteiger partial charge in [-0.3, -0.25) is 19.3 Å². The number of carbonyl (C=O) groups excluding carboxylic acids is 3. The molecule has 3 amide bonds. The molecule has 2 saturated carbocycles. The molecule has 1 atom stereocenters. The average molecular weight is 436 g/mol. The molecule has 1 aromatic rings. The molecule has 31 heavy (non-hydrogen) atoms. The molecule has 0 radical (unpaired) electrons. The topological polar surface area (TPSA) is 57.7 Å². The Hall–Kier alpha value is -2.38. The molecule has 3 aliphatic rings. The van der Waals surface area contributed by atoms with Crippen molar-refractivity contribution in [1.82, 2.24) is 9.80 Å². The molecular weight excluding hydrogens is 409 g/mol. The Kier molecular flexibility index (Phi) is 5.60. The summed E-state index contributed by atoms with van der Waals surface area (Å²) in [5.41, 5.74) is -2.38. The minimum absolute atomic E-state index is 0.0616. The van der Waals surface area contributed by atoms with E-state index in [1.54, 1.807) is 11.9 Å². The first-order chi connectivity index (χ1) is 14.6. The van der Waals surface area contributed by atoms with Crippen molar-refractivity contribution in [1.29, 1.82) is 0 Å². The lowest BCUT2D eigenvalue weighted by atomic mass is 9.75. The first-order valence-corrected chi connectivity index (χ1v) is 10.9. The lowest BCUT2D eigenvalue weighted by Gasteiger charge is -2.34. The Balaban J connectivity index is 1.69. The predicted octanol–water partition coefficient (Wildman–Crippen LogP) is 4.05. The second-order valence-corrected chi connectivity index (χ2v) is 9.11. The summed E-state index contributed by atoms with van der Waals surface area (Å²) >= 11 is 0. The van der Waals surface area contributed by atoms with Gasteiger partial charge in [0.1, 0.15) is 0 Å². The van der Waals surface area contributed by atoms with Crippen LogP contribution in [0.25, 0.3) is 0 Å². The first-order valence-electron chi connectivity index (χ1n) is 10.9. The van der Waals surface area contributed by atoms with Gasteiger partial charge in [0.15, 0.2) is 0 Å². The van der Waals surface area contributed by atoms with E-state index in [9.17, 15) is 27.6 Å². The van der Waals surface area contributed by atoms with Crippen molar-refractivity contribution in [3.63, 3.8) is 0 Å². The van der Waals surface area contributed by atoms with Gasteiger partial charge in [-0.25, -0.2) is 0 Å². The fourth-order valence-corrected chi connectivity index (χ4v) is 4.98. The molecule has 4 rings (SSSR count). The first kappa shape index (κ1) is 21.8. The summed E-state index contributed by atoms with van der Waals surface area (Å²) in [6.07, 6.45) is 1.17. The van der Waals surface area contributed by atoms with Crippen molar-refractivity contribution in [2.75, 3.05) is 7.05 Å². The summed E-state index contributed by atoms with van der Waals surface area (Å²) in [5.74, 6) is -1.24. The quantitative estimate of drug-likeness (QED) is 0.655. The van der Waals surface area contributed by atoms with E-state index in [0.717, 1.165) is 44.2 Å². The van der Waals surface area contributed by atoms with Gasteiger partial charge in [-0.1, -0.05) is 37.5 Å². The number of benzene rings is 1. The highest BCUT2D eigenvalue weighted by Gasteiger charge is 2.57. The van der Waals surface area contributed by atoms with Crippen molar-refractivity contribution in [2.45, 2.75) is 81.5 Å². The zero-order valence-corrected chi connectivity index (χ0v) is 17.6. The van der Waals surface area contributed by atoms with Crippen LogP contribution in [0.2, 0.25) is 0 Å². The molecule has 3 fully saturated rings. The maximum atomic E-state index is 13.5. The minimum Gasteiger partial charge on any atom is -0.343 e. The number of alkyl halides is 3. The zero-order chi connectivity index (χ0) is 22.4. The van der Waals surface area contributed by atoms with Gasteiger partial charge in [0.2, 0.25) is 17.7 Å². The van der Waals surface area contributed by atoms with Gasteiger partial charge < -0.3 is 4.90 Å². The number of hydrogen-bond acceptors (Lipinski definition) is 3. The number of hydrogen-bond donors (Lipinski definition) is 0. The van der Waals surface area contributed by atoms with Crippen molar-refractivity contribution in [3.8, 4) is 0 Å². The van der Waals surface area contributed by atoms with Crippen LogP contribution in [0.5, 0.6) is 0 Å². The molecular formula is C23H27F3N2O3. The lowest BCUT2D eigenvalue weighted by molar-refractivity contribution is -0.144. The Morgan fingerprint density at radius 2 is 1.81 bits per heavy atom. The second kappa shape index (κ2) is 7.95. The minimum atomic E-state index is -4.58. The third-order valence-electron chi connectivity index (χ3n) is 6.97. The Labute approximate surface area is 179 Å². The molecule has 5 nitrogen and oxygen atoms in total. The van der Waals surface area contributed by atoms with E-state index >= 15 is 0 Å². The summed E-state index contributed by atoms with van der Waals surface area (Å²) in [6, 6.07) is 4.41. The van der Waals surface area contributed by atoms with E-state index in [1.165, 1.54) is 17.0 Å². The molecule has 1 aromatic carbocycles. The number of rotatable bonds is 5. The highest BCUT2D eigenvalue weighted by atomic mass is 19.4. The van der Waals surface area contributed by atoms with E-state index in [2.05, 4.69) is 0 Å². The molecule has 168 valence electrons. The van der Waals surface area contributed by atoms with Gasteiger partial charge in [0, 0.05) is 32.0 Å². The van der Waals surface area contributed by atoms with Crippen LogP contribution >= 0.6 is 0 Å². The van der Waals surface area contributed by atoms with Crippen LogP contribution in [0, 0.1) is 0 Å². The lowest BCUT2D eigenvalue weighted by Crippen LogP contribution is -2.46. The van der Waals surface area contributed by atoms with Gasteiger partial charge >= 0.3 is 6.18 Å². The summed E-state index contributed by atoms with van der Waals surface area (Å²) < 4.78 is 40.1. The monoisotopic (exact) mass is 436 g/mol. The summed E-state index contributed by atoms with van der Waals surface area (Å²) in [7, 11) is 1.69. The Morgan fingerprint density at radius 1 is 1.13 bits per heavy atom. The fraction of sp³-hybridized carbons (Fsp3) is 0.609. The number of nitrogens with zero attached hydrogens (tertiary/aromatic N) is 2. The molecule has 0 N–H and O–H groups in total. The zero-order valence-electron chi connectivity index (χ0n) is 17.6. The van der Waals surface area contributed by atoms with Crippen LogP contribution in [0.1, 0.15) is 68.9 Å². The number of likely N-dealkylation sites (tertiary alicyclic amines) is 1. The summed E-state index contributed by atoms with van der Waals surface area (Å²) in [6.45, 7) is 0. The van der Waals surface area contributed by atoms with E-state index < -0.39 is 29.0 Å². The van der Waals surface area contributed by atoms with Gasteiger partial charge in [-0.15, -0.1) is 0 Å². The molecule has 1 saturated heterocycles. The Morgan fingerprint density at radius 3 is 2.42 bits per heavy atom. The van der Waals surface area contributed by atoms with Crippen LogP contribution in [0.15, 0.2) is 24.3 Å². The molecule has 0 aromatic heterocycles. The highest BCUT2D eigenvalue weighted by Crippen LogP contribution is 2.45. The van der Waals surface area contributed by atoms with Crippen molar-refractivity contribution in [3.05, 3.63) is 35.4 Å². The summed E-state index contributed by atoms with van der Waals surface area (Å²) in [4.78, 5) is 42.3. The maximum Gasteiger partial charge on any atom is 0.416 e. The van der Waals surface area contributed by atoms with Gasteiger partial charge in [-0.2, -0.15) is 13.2 Å². The maximum absolute atomic E-state index is 13.5. The average Bonchev–Trinajstić information content (AvgIpc) is 3.54. The fourth-order valence-electron chi connectivity index (χ4n) is 4.98. The van der Waals surface area contributed by atoms with Crippen LogP contribution in [0.3, 0.4) is 0 Å². The molecule has 8 heteroatoms. The van der Waals surface area contributed by atoms with Gasteiger partial charge in [0.05, 0.1) is 11.0 Å². The van der Waals surface area contributed by atoms with Gasteiger partial charge in [0.25, 0.3) is 0 Å². The predicted molar refractivity (Wildman–Crippen MR) is 107 cm³/mol. The van der Waals surface area contributed by atoms with Crippen LogP contribution < -0.4 is 0 Å². The molecule has 0 spiro atoms. The standard InChI is InChI=1S/C23H27F3N2O3/c1-27(17-8-3-2-4-9-17)19(29)13-22(14-20(30)28(21(22)31)18-10-11-18)15-6-5-7-16(12-15)23(24,25)26/h5-7,12,17-18H,2-4,8-11,13-14H2,1H3. The van der Waals surface area contributed by atoms with Crippen LogP contribution in [0.4, 0.5) is 13.2 Å². The molecule has 1 aliphatic heterocycles. The van der Waals surface area contributed by atoms with Crippen LogP contribution in [-0.4, -0.2) is 46.7 Å². The highest BCUT2D eigenvalue weighted by molar-refractivity contribution is 6.11. The SMILES string of the molecule is CN(C(=O)CC1(c2cccc(C(F)(F)F)c2)CC(=O)N(C2CC2)C1=O)C1CCCCC1. The van der Waals surface area contributed by atoms with Gasteiger partial charge in [-0.05, 0) is 37.3 Å². The van der Waals surface area contributed by atoms with E-state index in [0.29, 0.717) is 12.8 Å². The van der Waals surface area contributed by atoms with Crippen molar-refractivity contribution in [2.24, 2.45) is 0 Å². The second-order valence-electron chi connectivity index (χ2n) is 9.11. The normalized spacial score (nSPS) is 25.2. The van der Waals surface area contributed by atoms with Crippen molar-refractivity contribution < 1.29 is 27.6 Å². The number of amides is 3. The smallest absolute Gasteiger partial charge is 0.343 e. The van der Waals surface area contributed by atoms with E-state index in [4.69, 9.17) is 0 Å².